The maximum absolute atomic E-state index is 12.7. The molecule has 0 bridgehead atoms. The number of nitrogens with one attached hydrogen (secondary N) is 3. The van der Waals surface area contributed by atoms with Crippen LogP contribution in [0.25, 0.3) is 0 Å². The lowest BCUT2D eigenvalue weighted by molar-refractivity contribution is -0.115. The molecular formula is C26H44F2N6O4S. The van der Waals surface area contributed by atoms with E-state index in [-0.39, 0.29) is 35.6 Å². The van der Waals surface area contributed by atoms with Crippen molar-refractivity contribution in [1.29, 1.82) is 0 Å². The molecule has 222 valence electrons. The zero-order chi connectivity index (χ0) is 30.1. The Morgan fingerprint density at radius 3 is 2.28 bits per heavy atom. The van der Waals surface area contributed by atoms with Crippen LogP contribution in [0.3, 0.4) is 0 Å². The Kier molecular flexibility index (Phi) is 17.0. The molecule has 1 aliphatic carbocycles. The largest absolute Gasteiger partial charge is 0.333 e. The summed E-state index contributed by atoms with van der Waals surface area (Å²) in [6, 6.07) is 0.280. The smallest absolute Gasteiger partial charge is 0.272 e. The van der Waals surface area contributed by atoms with E-state index in [1.54, 1.807) is 12.2 Å². The Labute approximate surface area is 231 Å². The van der Waals surface area contributed by atoms with Gasteiger partial charge in [0.05, 0.1) is 36.2 Å². The number of H-pyrrole nitrogens is 1. The summed E-state index contributed by atoms with van der Waals surface area (Å²) < 4.78 is 43.9. The minimum atomic E-state index is -2.90. The van der Waals surface area contributed by atoms with Crippen molar-refractivity contribution in [1.82, 2.24) is 20.4 Å². The zero-order valence-corrected chi connectivity index (χ0v) is 24.3. The summed E-state index contributed by atoms with van der Waals surface area (Å²) in [4.78, 5) is 26.9. The van der Waals surface area contributed by atoms with Gasteiger partial charge in [-0.05, 0) is 38.7 Å². The number of aromatic amines is 1. The zero-order valence-electron chi connectivity index (χ0n) is 23.4. The number of halogens is 2. The van der Waals surface area contributed by atoms with Gasteiger partial charge in [0.25, 0.3) is 5.91 Å². The van der Waals surface area contributed by atoms with Crippen LogP contribution in [0.2, 0.25) is 0 Å². The molecule has 1 aromatic heterocycles. The van der Waals surface area contributed by atoms with E-state index in [1.807, 2.05) is 20.8 Å². The number of nitrogens with zero attached hydrogens (tertiary/aromatic N) is 2. The van der Waals surface area contributed by atoms with Crippen molar-refractivity contribution in [2.75, 3.05) is 37.1 Å². The van der Waals surface area contributed by atoms with Crippen LogP contribution in [0.5, 0.6) is 0 Å². The normalized spacial score (nSPS) is 22.0. The number of aromatic nitrogens is 2. The number of sulfone groups is 1. The molecule has 2 aliphatic rings. The molecule has 2 heterocycles. The standard InChI is InChI=1S/C19H30N6O4S.C4H5F.C2H6.CH3F/c1-2-3-4-16(26)22-15-13-21-24-17(15)18(27)23-19(20)7-5-14(6-8-19)25-9-11-30(28,29)12-10-25;1-3-4(2)5;2*1-2/h2-3,13-14H,4-12,20H2,1H3,(H,21,24)(H,22,26)(H,23,27);3H,1-2H2;1-2H3;1H3/b3-2-;;;. The van der Waals surface area contributed by atoms with Gasteiger partial charge in [0.2, 0.25) is 5.91 Å². The second kappa shape index (κ2) is 18.4. The first-order valence-electron chi connectivity index (χ1n) is 12.8. The summed E-state index contributed by atoms with van der Waals surface area (Å²) in [6.45, 7) is 12.9. The van der Waals surface area contributed by atoms with Crippen molar-refractivity contribution >= 4 is 27.3 Å². The lowest BCUT2D eigenvalue weighted by atomic mass is 9.85. The number of rotatable bonds is 7. The summed E-state index contributed by atoms with van der Waals surface area (Å²) in [5, 5.41) is 12.0. The van der Waals surface area contributed by atoms with Gasteiger partial charge in [-0.3, -0.25) is 24.0 Å². The second-order valence-electron chi connectivity index (χ2n) is 8.66. The summed E-state index contributed by atoms with van der Waals surface area (Å²) in [6.07, 6.45) is 8.91. The maximum atomic E-state index is 12.7. The lowest BCUT2D eigenvalue weighted by Gasteiger charge is -2.42. The van der Waals surface area contributed by atoms with Crippen LogP contribution in [0.4, 0.5) is 14.5 Å². The van der Waals surface area contributed by atoms with Gasteiger partial charge in [-0.2, -0.15) is 5.10 Å². The molecule has 2 fully saturated rings. The highest BCUT2D eigenvalue weighted by Gasteiger charge is 2.37. The molecule has 2 amide bonds. The molecule has 13 heteroatoms. The Morgan fingerprint density at radius 1 is 1.26 bits per heavy atom. The van der Waals surface area contributed by atoms with Gasteiger partial charge in [-0.15, -0.1) is 0 Å². The van der Waals surface area contributed by atoms with Crippen LogP contribution in [0.1, 0.15) is 63.4 Å². The van der Waals surface area contributed by atoms with Crippen molar-refractivity contribution < 1.29 is 26.8 Å². The molecular weight excluding hydrogens is 530 g/mol. The first-order valence-corrected chi connectivity index (χ1v) is 14.7. The molecule has 1 saturated heterocycles. The van der Waals surface area contributed by atoms with E-state index >= 15 is 0 Å². The number of allylic oxidation sites excluding steroid dienone is 3. The second-order valence-corrected chi connectivity index (χ2v) is 11.0. The molecule has 3 rings (SSSR count). The Hall–Kier alpha value is -2.90. The molecule has 39 heavy (non-hydrogen) atoms. The van der Waals surface area contributed by atoms with Gasteiger partial charge in [0, 0.05) is 25.6 Å². The van der Waals surface area contributed by atoms with E-state index in [4.69, 9.17) is 5.73 Å². The molecule has 1 saturated carbocycles. The minimum absolute atomic E-state index is 0.164. The lowest BCUT2D eigenvalue weighted by Crippen LogP contribution is -2.60. The molecule has 0 unspecified atom stereocenters. The number of hydrogen-bond acceptors (Lipinski definition) is 7. The number of amides is 2. The van der Waals surface area contributed by atoms with E-state index in [0.717, 1.165) is 18.9 Å². The van der Waals surface area contributed by atoms with E-state index in [9.17, 15) is 26.8 Å². The quantitative estimate of drug-likeness (QED) is 0.221. The molecule has 0 spiro atoms. The van der Waals surface area contributed by atoms with Crippen LogP contribution < -0.4 is 16.4 Å². The number of hydrogen-bond donors (Lipinski definition) is 4. The number of nitrogens with two attached hydrogens (primary N) is 1. The van der Waals surface area contributed by atoms with Crippen molar-refractivity contribution in [2.24, 2.45) is 5.73 Å². The van der Waals surface area contributed by atoms with Crippen LogP contribution in [-0.4, -0.2) is 78.8 Å². The number of carbonyl (C=O) groups is 2. The van der Waals surface area contributed by atoms with Gasteiger partial charge < -0.3 is 16.4 Å². The van der Waals surface area contributed by atoms with Gasteiger partial charge in [0.15, 0.2) is 9.84 Å². The summed E-state index contributed by atoms with van der Waals surface area (Å²) in [7, 11) is -2.40. The van der Waals surface area contributed by atoms with Crippen molar-refractivity contribution in [3.8, 4) is 0 Å². The average molecular weight is 575 g/mol. The van der Waals surface area contributed by atoms with Crippen molar-refractivity contribution in [3.63, 3.8) is 0 Å². The van der Waals surface area contributed by atoms with Crippen LogP contribution >= 0.6 is 0 Å². The molecule has 0 radical (unpaired) electrons. The van der Waals surface area contributed by atoms with Crippen molar-refractivity contribution in [2.45, 2.75) is 64.6 Å². The molecule has 1 aliphatic heterocycles. The van der Waals surface area contributed by atoms with Crippen LogP contribution in [0.15, 0.2) is 43.4 Å². The van der Waals surface area contributed by atoms with E-state index in [1.165, 1.54) is 6.20 Å². The number of carbonyl (C=O) groups excluding carboxylic acids is 2. The highest BCUT2D eigenvalue weighted by atomic mass is 32.2. The molecule has 0 aromatic carbocycles. The topological polar surface area (TPSA) is 150 Å². The number of alkyl halides is 1. The third kappa shape index (κ3) is 13.1. The highest BCUT2D eigenvalue weighted by Crippen LogP contribution is 2.29. The molecule has 1 aromatic rings. The first kappa shape index (κ1) is 36.1. The highest BCUT2D eigenvalue weighted by molar-refractivity contribution is 7.91. The third-order valence-corrected chi connectivity index (χ3v) is 7.62. The van der Waals surface area contributed by atoms with Crippen molar-refractivity contribution in [3.05, 3.63) is 49.1 Å². The van der Waals surface area contributed by atoms with Crippen LogP contribution in [0, 0.1) is 0 Å². The Balaban J connectivity index is 0.00000142. The van der Waals surface area contributed by atoms with Gasteiger partial charge in [-0.1, -0.05) is 39.2 Å². The minimum Gasteiger partial charge on any atom is -0.333 e. The number of anilines is 1. The van der Waals surface area contributed by atoms with Gasteiger partial charge in [-0.25, -0.2) is 12.8 Å². The van der Waals surface area contributed by atoms with Crippen LogP contribution in [-0.2, 0) is 14.6 Å². The molecule has 0 atom stereocenters. The summed E-state index contributed by atoms with van der Waals surface area (Å²) >= 11 is 0. The van der Waals surface area contributed by atoms with Gasteiger partial charge in [0.1, 0.15) is 11.5 Å². The molecule has 10 nitrogen and oxygen atoms in total. The monoisotopic (exact) mass is 574 g/mol. The van der Waals surface area contributed by atoms with E-state index in [2.05, 4.69) is 38.9 Å². The summed E-state index contributed by atoms with van der Waals surface area (Å²) in [5.74, 6) is -0.730. The third-order valence-electron chi connectivity index (χ3n) is 6.01. The fourth-order valence-corrected chi connectivity index (χ4v) is 5.20. The first-order chi connectivity index (χ1) is 18.5. The molecule has 5 N–H and O–H groups in total. The summed E-state index contributed by atoms with van der Waals surface area (Å²) in [5.41, 5.74) is 6.06. The average Bonchev–Trinajstić information content (AvgIpc) is 3.39. The predicted octanol–water partition coefficient (Wildman–Crippen LogP) is 3.64. The maximum Gasteiger partial charge on any atom is 0.272 e. The van der Waals surface area contributed by atoms with E-state index < -0.39 is 27.2 Å². The Morgan fingerprint density at radius 2 is 1.79 bits per heavy atom. The fraction of sp³-hybridized carbons (Fsp3) is 0.577. The fourth-order valence-electron chi connectivity index (χ4n) is 3.97. The van der Waals surface area contributed by atoms with E-state index in [0.29, 0.717) is 38.8 Å². The predicted molar refractivity (Wildman–Crippen MR) is 152 cm³/mol. The Bertz CT molecular complexity index is 1040. The van der Waals surface area contributed by atoms with Gasteiger partial charge >= 0.3 is 0 Å². The SMILES string of the molecule is C/C=C\CC(=O)Nc1cn[nH]c1C(=O)NC1(N)CCC(N2CCS(=O)(=O)CC2)CC1.C=CC(=C)F.CC.CF.